The van der Waals surface area contributed by atoms with Gasteiger partial charge in [-0.15, -0.1) is 0 Å². The Labute approximate surface area is 101 Å². The van der Waals surface area contributed by atoms with Crippen LogP contribution < -0.4 is 14.8 Å². The molecule has 0 amide bonds. The molecule has 17 heavy (non-hydrogen) atoms. The number of nitrogens with zero attached hydrogens (tertiary/aromatic N) is 1. The van der Waals surface area contributed by atoms with E-state index in [1.807, 2.05) is 24.3 Å². The summed E-state index contributed by atoms with van der Waals surface area (Å²) in [4.78, 5) is 0. The third kappa shape index (κ3) is 3.65. The van der Waals surface area contributed by atoms with Crippen molar-refractivity contribution in [3.05, 3.63) is 24.3 Å². The molecule has 1 fully saturated rings. The van der Waals surface area contributed by atoms with Crippen LogP contribution in [0.3, 0.4) is 0 Å². The minimum absolute atomic E-state index is 0.232. The lowest BCUT2D eigenvalue weighted by Gasteiger charge is -2.12. The average Bonchev–Trinajstić information content (AvgIpc) is 3.19. The number of hydrogen-bond donors (Lipinski definition) is 1. The normalized spacial score (nSPS) is 16.0. The van der Waals surface area contributed by atoms with Crippen LogP contribution in [0.25, 0.3) is 0 Å². The van der Waals surface area contributed by atoms with Gasteiger partial charge in [-0.25, -0.2) is 0 Å². The van der Waals surface area contributed by atoms with E-state index >= 15 is 0 Å². The molecule has 0 bridgehead atoms. The average molecular weight is 232 g/mol. The maximum atomic E-state index is 8.95. The molecule has 0 radical (unpaired) electrons. The van der Waals surface area contributed by atoms with Crippen molar-refractivity contribution in [2.24, 2.45) is 0 Å². The van der Waals surface area contributed by atoms with Gasteiger partial charge in [0.05, 0.1) is 13.2 Å². The van der Waals surface area contributed by atoms with E-state index in [1.165, 1.54) is 12.8 Å². The molecule has 0 aromatic heterocycles. The van der Waals surface area contributed by atoms with E-state index in [1.54, 1.807) is 7.11 Å². The molecule has 0 aliphatic heterocycles. The Morgan fingerprint density at radius 3 is 2.53 bits per heavy atom. The highest BCUT2D eigenvalue weighted by molar-refractivity contribution is 5.31. The van der Waals surface area contributed by atoms with Crippen molar-refractivity contribution in [3.8, 4) is 17.6 Å². The first-order valence-electron chi connectivity index (χ1n) is 5.74. The van der Waals surface area contributed by atoms with E-state index in [-0.39, 0.29) is 6.04 Å². The number of hydrogen-bond acceptors (Lipinski definition) is 4. The van der Waals surface area contributed by atoms with E-state index in [9.17, 15) is 0 Å². The molecule has 1 aliphatic carbocycles. The zero-order valence-corrected chi connectivity index (χ0v) is 9.85. The van der Waals surface area contributed by atoms with Crippen LogP contribution in [0.4, 0.5) is 0 Å². The molecule has 90 valence electrons. The standard InChI is InChI=1S/C13H16N2O2/c1-16-12-4-6-13(7-5-12)17-9-11(8-14)15-10-2-3-10/h4-7,10-11,15H,2-3,9H2,1H3. The lowest BCUT2D eigenvalue weighted by atomic mass is 10.3. The lowest BCUT2D eigenvalue weighted by molar-refractivity contribution is 0.287. The van der Waals surface area contributed by atoms with Crippen LogP contribution in [0, 0.1) is 11.3 Å². The number of ether oxygens (including phenoxy) is 2. The highest BCUT2D eigenvalue weighted by Gasteiger charge is 2.24. The molecule has 1 aromatic rings. The van der Waals surface area contributed by atoms with Crippen LogP contribution in [-0.2, 0) is 0 Å². The molecule has 0 saturated heterocycles. The predicted molar refractivity (Wildman–Crippen MR) is 64.0 cm³/mol. The van der Waals surface area contributed by atoms with E-state index in [4.69, 9.17) is 14.7 Å². The number of methoxy groups -OCH3 is 1. The Hall–Kier alpha value is -1.73. The molecule has 1 saturated carbocycles. The summed E-state index contributed by atoms with van der Waals surface area (Å²) in [6, 6.07) is 9.84. The second kappa shape index (κ2) is 5.55. The summed E-state index contributed by atoms with van der Waals surface area (Å²) in [5, 5.41) is 12.2. The molecular weight excluding hydrogens is 216 g/mol. The van der Waals surface area contributed by atoms with Gasteiger partial charge in [0.1, 0.15) is 24.1 Å². The van der Waals surface area contributed by atoms with Gasteiger partial charge in [-0.05, 0) is 37.1 Å². The molecule has 4 nitrogen and oxygen atoms in total. The fraction of sp³-hybridized carbons (Fsp3) is 0.462. The summed E-state index contributed by atoms with van der Waals surface area (Å²) in [5.41, 5.74) is 0. The first kappa shape index (κ1) is 11.7. The molecule has 0 heterocycles. The number of nitriles is 1. The monoisotopic (exact) mass is 232 g/mol. The molecule has 1 aromatic carbocycles. The van der Waals surface area contributed by atoms with Crippen molar-refractivity contribution in [1.29, 1.82) is 5.26 Å². The van der Waals surface area contributed by atoms with E-state index in [0.29, 0.717) is 12.6 Å². The van der Waals surface area contributed by atoms with Gasteiger partial charge in [-0.1, -0.05) is 0 Å². The molecule has 1 aliphatic rings. The van der Waals surface area contributed by atoms with E-state index in [2.05, 4.69) is 11.4 Å². The third-order valence-corrected chi connectivity index (χ3v) is 2.65. The van der Waals surface area contributed by atoms with Gasteiger partial charge in [0, 0.05) is 6.04 Å². The second-order valence-electron chi connectivity index (χ2n) is 4.11. The van der Waals surface area contributed by atoms with Crippen LogP contribution in [0.2, 0.25) is 0 Å². The molecule has 2 rings (SSSR count). The van der Waals surface area contributed by atoms with Gasteiger partial charge in [-0.2, -0.15) is 5.26 Å². The summed E-state index contributed by atoms with van der Waals surface area (Å²) in [5.74, 6) is 1.55. The quantitative estimate of drug-likeness (QED) is 0.811. The predicted octanol–water partition coefficient (Wildman–Crippen LogP) is 1.72. The number of rotatable bonds is 6. The maximum absolute atomic E-state index is 8.95. The Morgan fingerprint density at radius 2 is 2.00 bits per heavy atom. The van der Waals surface area contributed by atoms with Gasteiger partial charge in [0.25, 0.3) is 0 Å². The summed E-state index contributed by atoms with van der Waals surface area (Å²) >= 11 is 0. The maximum Gasteiger partial charge on any atom is 0.130 e. The second-order valence-corrected chi connectivity index (χ2v) is 4.11. The molecule has 0 spiro atoms. The van der Waals surface area contributed by atoms with Crippen LogP contribution in [0.1, 0.15) is 12.8 Å². The van der Waals surface area contributed by atoms with Crippen LogP contribution in [0.15, 0.2) is 24.3 Å². The Kier molecular flexibility index (Phi) is 3.84. The van der Waals surface area contributed by atoms with Crippen molar-refractivity contribution in [2.75, 3.05) is 13.7 Å². The first-order chi connectivity index (χ1) is 8.31. The van der Waals surface area contributed by atoms with Gasteiger partial charge < -0.3 is 9.47 Å². The molecule has 1 atom stereocenters. The van der Waals surface area contributed by atoms with E-state index in [0.717, 1.165) is 11.5 Å². The Balaban J connectivity index is 1.80. The molecule has 4 heteroatoms. The summed E-state index contributed by atoms with van der Waals surface area (Å²) in [6.45, 7) is 0.374. The minimum Gasteiger partial charge on any atom is -0.497 e. The Morgan fingerprint density at radius 1 is 1.35 bits per heavy atom. The Bertz CT molecular complexity index is 393. The zero-order chi connectivity index (χ0) is 12.1. The smallest absolute Gasteiger partial charge is 0.130 e. The van der Waals surface area contributed by atoms with Gasteiger partial charge in [-0.3, -0.25) is 5.32 Å². The van der Waals surface area contributed by atoms with Crippen LogP contribution in [-0.4, -0.2) is 25.8 Å². The van der Waals surface area contributed by atoms with Crippen LogP contribution >= 0.6 is 0 Å². The lowest BCUT2D eigenvalue weighted by Crippen LogP contribution is -2.34. The minimum atomic E-state index is -0.232. The van der Waals surface area contributed by atoms with Crippen molar-refractivity contribution < 1.29 is 9.47 Å². The molecule has 1 unspecified atom stereocenters. The third-order valence-electron chi connectivity index (χ3n) is 2.65. The van der Waals surface area contributed by atoms with Crippen molar-refractivity contribution >= 4 is 0 Å². The highest BCUT2D eigenvalue weighted by Crippen LogP contribution is 2.20. The van der Waals surface area contributed by atoms with E-state index < -0.39 is 0 Å². The van der Waals surface area contributed by atoms with Gasteiger partial charge >= 0.3 is 0 Å². The summed E-state index contributed by atoms with van der Waals surface area (Å²) in [6.07, 6.45) is 2.33. The van der Waals surface area contributed by atoms with Crippen molar-refractivity contribution in [1.82, 2.24) is 5.32 Å². The summed E-state index contributed by atoms with van der Waals surface area (Å²) in [7, 11) is 1.63. The van der Waals surface area contributed by atoms with Crippen molar-refractivity contribution in [3.63, 3.8) is 0 Å². The molecular formula is C13H16N2O2. The SMILES string of the molecule is COc1ccc(OCC(C#N)NC2CC2)cc1. The summed E-state index contributed by atoms with van der Waals surface area (Å²) < 4.78 is 10.6. The topological polar surface area (TPSA) is 54.3 Å². The number of nitrogens with one attached hydrogen (secondary N) is 1. The molecule has 1 N–H and O–H groups in total. The highest BCUT2D eigenvalue weighted by atomic mass is 16.5. The fourth-order valence-corrected chi connectivity index (χ4v) is 1.51. The first-order valence-corrected chi connectivity index (χ1v) is 5.74. The fourth-order valence-electron chi connectivity index (χ4n) is 1.51. The largest absolute Gasteiger partial charge is 0.497 e. The van der Waals surface area contributed by atoms with Crippen molar-refractivity contribution in [2.45, 2.75) is 24.9 Å². The van der Waals surface area contributed by atoms with Crippen LogP contribution in [0.5, 0.6) is 11.5 Å². The number of benzene rings is 1. The zero-order valence-electron chi connectivity index (χ0n) is 9.85. The van der Waals surface area contributed by atoms with Gasteiger partial charge in [0.15, 0.2) is 0 Å². The van der Waals surface area contributed by atoms with Gasteiger partial charge in [0.2, 0.25) is 0 Å².